The molecule has 606 valence electrons. The Morgan fingerprint density at radius 1 is 0.781 bits per heavy atom. The number of carbonyl (C=O) groups is 11. The van der Waals surface area contributed by atoms with E-state index in [2.05, 4.69) is 87.9 Å². The lowest BCUT2D eigenvalue weighted by Gasteiger charge is -2.41. The highest BCUT2D eigenvalue weighted by molar-refractivity contribution is 8.14. The van der Waals surface area contributed by atoms with E-state index in [-0.39, 0.29) is 99.7 Å². The predicted octanol–water partition coefficient (Wildman–Crippen LogP) is 1.91. The summed E-state index contributed by atoms with van der Waals surface area (Å²) in [7, 11) is 0. The number of hydrogen-bond acceptors (Lipinski definition) is 31. The van der Waals surface area contributed by atoms with Crippen molar-refractivity contribution in [2.75, 3.05) is 5.75 Å². The van der Waals surface area contributed by atoms with Crippen LogP contribution in [0.4, 0.5) is 0 Å². The summed E-state index contributed by atoms with van der Waals surface area (Å²) in [5, 5.41) is 103. The van der Waals surface area contributed by atoms with Crippen molar-refractivity contribution >= 4 is 156 Å². The Morgan fingerprint density at radius 2 is 1.48 bits per heavy atom. The number of aliphatic imine (C=N–C) groups is 2. The van der Waals surface area contributed by atoms with Crippen LogP contribution in [0, 0.1) is 5.92 Å². The number of rotatable bonds is 12. The maximum atomic E-state index is 15.4. The number of nitrogens with zero attached hydrogens (tertiary/aromatic N) is 7. The second kappa shape index (κ2) is 35.7. The number of carbonyl (C=O) groups excluding carboxylic acids is 10. The molecule has 0 saturated carbocycles. The zero-order chi connectivity index (χ0) is 83.4. The topological polar surface area (TPSA) is 540 Å². The first-order valence-corrected chi connectivity index (χ1v) is 40.5. The van der Waals surface area contributed by atoms with Crippen LogP contribution in [0.25, 0.3) is 6.08 Å². The molecular weight excluding hydrogens is 1600 g/mol. The van der Waals surface area contributed by atoms with E-state index in [9.17, 15) is 73.8 Å². The Labute approximate surface area is 677 Å². The van der Waals surface area contributed by atoms with Crippen LogP contribution >= 0.6 is 69.3 Å². The smallest absolute Gasteiger partial charge is 0.357 e. The number of thiocarbonyl (C=S) groups is 1. The summed E-state index contributed by atoms with van der Waals surface area (Å²) in [6, 6.07) is -11.1. The van der Waals surface area contributed by atoms with Gasteiger partial charge in [0.25, 0.3) is 23.6 Å². The van der Waals surface area contributed by atoms with E-state index in [0.29, 0.717) is 6.42 Å². The number of aliphatic hydroxyl groups is 5. The number of aliphatic carboxylic acids is 1. The number of fused-ring (bicyclic) bond motifs is 7. The molecule has 13 bridgehead atoms. The molecule has 17 N–H and O–H groups in total. The van der Waals surface area contributed by atoms with Crippen LogP contribution in [0.5, 0.6) is 0 Å². The van der Waals surface area contributed by atoms with Crippen LogP contribution in [-0.2, 0) is 48.6 Å². The van der Waals surface area contributed by atoms with Crippen molar-refractivity contribution in [3.8, 4) is 0 Å². The highest BCUT2D eigenvalue weighted by Crippen LogP contribution is 2.48. The second-order valence-corrected chi connectivity index (χ2v) is 32.7. The van der Waals surface area contributed by atoms with Gasteiger partial charge in [0.05, 0.1) is 64.6 Å². The number of carboxylic acid groups (broad SMARTS) is 1. The average molecular weight is 1680 g/mol. The van der Waals surface area contributed by atoms with Gasteiger partial charge in [-0.1, -0.05) is 70.5 Å². The van der Waals surface area contributed by atoms with Crippen LogP contribution in [0.3, 0.4) is 0 Å². The van der Waals surface area contributed by atoms with Gasteiger partial charge in [0, 0.05) is 32.8 Å². The summed E-state index contributed by atoms with van der Waals surface area (Å²) in [5.74, 6) is -11.5. The molecule has 5 aromatic rings. The molecule has 0 fully saturated rings. The molecule has 17 unspecified atom stereocenters. The van der Waals surface area contributed by atoms with Gasteiger partial charge in [0.15, 0.2) is 0 Å². The second-order valence-electron chi connectivity index (χ2n) is 27.7. The molecule has 0 spiro atoms. The lowest BCUT2D eigenvalue weighted by atomic mass is 9.80. The summed E-state index contributed by atoms with van der Waals surface area (Å²) in [6.07, 6.45) is -2.84. The molecule has 0 aromatic carbocycles. The van der Waals surface area contributed by atoms with Crippen LogP contribution < -0.4 is 58.5 Å². The molecule has 114 heavy (non-hydrogen) atoms. The number of carboxylic acids is 1. The maximum absolute atomic E-state index is 15.4. The number of pyridine rings is 1. The quantitative estimate of drug-likeness (QED) is 0.0482. The van der Waals surface area contributed by atoms with Gasteiger partial charge in [0.2, 0.25) is 29.5 Å². The summed E-state index contributed by atoms with van der Waals surface area (Å²) in [5.41, 5.74) is -6.56. The van der Waals surface area contributed by atoms with Crippen molar-refractivity contribution in [3.05, 3.63) is 148 Å². The van der Waals surface area contributed by atoms with Crippen molar-refractivity contribution < 1.29 is 88.1 Å². The Morgan fingerprint density at radius 3 is 2.16 bits per heavy atom. The Balaban J connectivity index is 1.18. The van der Waals surface area contributed by atoms with Crippen molar-refractivity contribution in [2.45, 2.75) is 185 Å². The van der Waals surface area contributed by atoms with Crippen molar-refractivity contribution in [1.29, 1.82) is 0 Å². The summed E-state index contributed by atoms with van der Waals surface area (Å²) in [4.78, 5) is 188. The van der Waals surface area contributed by atoms with Gasteiger partial charge in [-0.05, 0) is 85.8 Å². The van der Waals surface area contributed by atoms with E-state index in [1.54, 1.807) is 26.0 Å². The lowest BCUT2D eigenvalue weighted by Crippen LogP contribution is -2.57. The zero-order valence-electron chi connectivity index (χ0n) is 62.9. The largest absolute Gasteiger partial charge is 0.477 e. The van der Waals surface area contributed by atoms with Crippen molar-refractivity contribution in [2.24, 2.45) is 15.9 Å². The highest BCUT2D eigenvalue weighted by Gasteiger charge is 2.51. The molecule has 9 amide bonds. The van der Waals surface area contributed by atoms with Crippen LogP contribution in [0.1, 0.15) is 199 Å². The normalized spacial score (nSPS) is 26.9. The number of thiazole rings is 4. The minimum atomic E-state index is -2.14. The fraction of sp³-hybridized carbons (Fsp3) is 0.431. The van der Waals surface area contributed by atoms with E-state index in [1.165, 1.54) is 82.1 Å². The van der Waals surface area contributed by atoms with Crippen molar-refractivity contribution in [1.82, 2.24) is 83.4 Å². The molecular formula is C72H84N18O18S6. The highest BCUT2D eigenvalue weighted by atomic mass is 32.2. The minimum absolute atomic E-state index is 0.00605. The third-order valence-corrected chi connectivity index (χ3v) is 24.6. The van der Waals surface area contributed by atoms with E-state index in [4.69, 9.17) is 36.9 Å². The first kappa shape index (κ1) is 86.3. The summed E-state index contributed by atoms with van der Waals surface area (Å²) < 4.78 is 6.35. The van der Waals surface area contributed by atoms with Gasteiger partial charge in [-0.3, -0.25) is 58.5 Å². The molecule has 0 radical (unpaired) electrons. The standard InChI is InChI=1S/C72H84N18O18S6/c1-14-26(3)47-61(102)76-29(6)55(96)73-27(4)54(95)74-30(7)57(98)90-72-19-18-40(65-84-43(22-111-65)58(99)75-28(5)56(97)77-31(8)68(104)105)80-52(72)42-21-112-66(82-42)49(34(11)108-69(106)41-20-37(32(9)91)36-16-17-39(78-47)51(94)50(36)79-41)88-63(109)46-25-113-67(85-46)53(71(13,107)35(12)93)89-60(101)44-23-110-64(83-44)38(15-2)81-62(103)48(33(10)92)87-59(100)45-24-114-70(72)86-45/h15-17,20-22,24-26,29-30,32-35,39,44,47-49,51-53,78,91-94,107H,4-5,8,14,18-19,23H2,1-3,6-7,9-13H3,(H,73,96)(H,74,95)(H,75,99)(H,76,102)(H,77,97)(H,81,103)(H,87,100)(H,88,109)(H,89,101)(H,90,98)(H,104,105)/b38-15+. The average Bonchev–Trinajstić information content (AvgIpc) is 1.50. The van der Waals surface area contributed by atoms with Crippen LogP contribution in [-0.4, -0.2) is 202 Å². The number of cyclic esters (lactones) is 1. The molecule has 5 aliphatic rings. The van der Waals surface area contributed by atoms with Gasteiger partial charge in [-0.2, -0.15) is 0 Å². The van der Waals surface area contributed by atoms with Gasteiger partial charge < -0.3 is 88.5 Å². The number of allylic oxidation sites excluding steroid dienone is 1. The number of ether oxygens (including phenoxy) is 1. The predicted molar refractivity (Wildman–Crippen MR) is 424 cm³/mol. The maximum Gasteiger partial charge on any atom is 0.357 e. The zero-order valence-corrected chi connectivity index (χ0v) is 67.8. The van der Waals surface area contributed by atoms with E-state index >= 15 is 9.59 Å². The van der Waals surface area contributed by atoms with E-state index in [0.717, 1.165) is 57.1 Å². The summed E-state index contributed by atoms with van der Waals surface area (Å²) in [6.45, 7) is 25.1. The molecule has 1 aliphatic carbocycles. The third kappa shape index (κ3) is 18.8. The molecule has 10 rings (SSSR count). The van der Waals surface area contributed by atoms with Gasteiger partial charge in [-0.25, -0.2) is 34.5 Å². The Bertz CT molecular complexity index is 4890. The van der Waals surface area contributed by atoms with Gasteiger partial charge in [-0.15, -0.1) is 57.1 Å². The molecule has 17 atom stereocenters. The lowest BCUT2D eigenvalue weighted by molar-refractivity contribution is -0.134. The van der Waals surface area contributed by atoms with Gasteiger partial charge in [0.1, 0.15) is 124 Å². The molecule has 5 aromatic heterocycles. The third-order valence-electron chi connectivity index (χ3n) is 19.4. The van der Waals surface area contributed by atoms with Gasteiger partial charge >= 0.3 is 11.9 Å². The van der Waals surface area contributed by atoms with E-state index < -0.39 is 190 Å². The molecule has 36 nitrogen and oxygen atoms in total. The number of aromatic nitrogens is 5. The minimum Gasteiger partial charge on any atom is -0.477 e. The molecule has 0 saturated heterocycles. The monoisotopic (exact) mass is 1680 g/mol. The fourth-order valence-electron chi connectivity index (χ4n) is 12.3. The van der Waals surface area contributed by atoms with Crippen molar-refractivity contribution in [3.63, 3.8) is 0 Å². The first-order valence-electron chi connectivity index (χ1n) is 35.6. The fourth-order valence-corrected chi connectivity index (χ4v) is 17.5. The van der Waals surface area contributed by atoms with Crippen LogP contribution in [0.2, 0.25) is 0 Å². The number of hydrogen-bond donors (Lipinski definition) is 17. The molecule has 9 heterocycles. The Kier molecular flexibility index (Phi) is 27.0. The van der Waals surface area contributed by atoms with E-state index in [1.807, 2.05) is 12.2 Å². The first-order chi connectivity index (χ1) is 53.7. The summed E-state index contributed by atoms with van der Waals surface area (Å²) >= 11 is 10.8. The SMILES string of the molecule is C=C(NC(=O)C(=C)NC(=O)c1csc(C2=NC3c4csc(n4)C4NC(=S)c5csc(n5)C(C(C)(O)C(C)O)NC(=O)C5CSC(=N5)/C(=C\C)NC(=O)C(C(C)O)NC(=O)c5csc(n5)C3(CC2)NC(=O)C(C)NC(=O)C(=C)NC(=O)C(C)NC(=O)C(C(C)CC)NC2C=Cc3c(C(C)O)cc(nc3C2O)C(=O)OC4C)n1)C(=O)O. The Hall–Kier alpha value is -10.1. The number of nitrogens with one attached hydrogen (secondary N) is 11. The number of thioether (sulfide) groups is 1. The van der Waals surface area contributed by atoms with Crippen LogP contribution in [0.15, 0.2) is 92.2 Å². The number of amides is 9. The molecule has 42 heteroatoms. The number of aliphatic hydroxyl groups excluding tert-OH is 4. The number of esters is 1. The molecule has 4 aliphatic heterocycles.